The number of nitrogens with two attached hydrogens (primary N) is 1. The molecular formula is C12H13F3N2O2. The maximum absolute atomic E-state index is 12.6. The third kappa shape index (κ3) is 2.81. The Hall–Kier alpha value is -1.76. The summed E-state index contributed by atoms with van der Waals surface area (Å²) in [4.78, 5) is 12.9. The lowest BCUT2D eigenvalue weighted by Crippen LogP contribution is -2.38. The van der Waals surface area contributed by atoms with Gasteiger partial charge >= 0.3 is 12.3 Å². The van der Waals surface area contributed by atoms with Crippen molar-refractivity contribution in [1.82, 2.24) is 0 Å². The summed E-state index contributed by atoms with van der Waals surface area (Å²) in [6, 6.07) is 3.17. The van der Waals surface area contributed by atoms with Crippen molar-refractivity contribution in [2.24, 2.45) is 5.73 Å². The van der Waals surface area contributed by atoms with Crippen molar-refractivity contribution >= 4 is 11.8 Å². The van der Waals surface area contributed by atoms with E-state index < -0.39 is 17.8 Å². The fraction of sp³-hybridized carbons (Fsp3) is 0.417. The Labute approximate surface area is 107 Å². The van der Waals surface area contributed by atoms with Gasteiger partial charge in [-0.2, -0.15) is 13.2 Å². The zero-order chi connectivity index (χ0) is 14.0. The average Bonchev–Trinajstić information content (AvgIpc) is 2.37. The molecule has 0 radical (unpaired) electrons. The summed E-state index contributed by atoms with van der Waals surface area (Å²) in [5, 5.41) is 0. The molecule has 1 aliphatic rings. The van der Waals surface area contributed by atoms with E-state index >= 15 is 0 Å². The van der Waals surface area contributed by atoms with Crippen LogP contribution in [0.5, 0.6) is 0 Å². The summed E-state index contributed by atoms with van der Waals surface area (Å²) in [6.07, 6.45) is -4.34. The van der Waals surface area contributed by atoms with E-state index in [0.717, 1.165) is 12.1 Å². The zero-order valence-electron chi connectivity index (χ0n) is 10.0. The summed E-state index contributed by atoms with van der Waals surface area (Å²) in [6.45, 7) is 0.661. The number of carbonyl (C=O) groups excluding carboxylic acids is 1. The molecule has 0 saturated carbocycles. The highest BCUT2D eigenvalue weighted by atomic mass is 19.4. The lowest BCUT2D eigenvalue weighted by Gasteiger charge is -2.28. The first-order valence-corrected chi connectivity index (χ1v) is 5.78. The van der Waals surface area contributed by atoms with E-state index in [2.05, 4.69) is 0 Å². The number of nitrogens with zero attached hydrogens (tertiary/aromatic N) is 1. The maximum atomic E-state index is 12.6. The van der Waals surface area contributed by atoms with Gasteiger partial charge in [0.05, 0.1) is 17.9 Å². The highest BCUT2D eigenvalue weighted by Gasteiger charge is 2.32. The second-order valence-corrected chi connectivity index (χ2v) is 4.16. The van der Waals surface area contributed by atoms with Crippen LogP contribution in [0.3, 0.4) is 0 Å². The minimum atomic E-state index is -4.43. The molecule has 0 atom stereocenters. The van der Waals surface area contributed by atoms with Crippen LogP contribution in [0.2, 0.25) is 0 Å². The Morgan fingerprint density at radius 3 is 2.68 bits per heavy atom. The number of ether oxygens (including phenoxy) is 1. The molecular weight excluding hydrogens is 261 g/mol. The monoisotopic (exact) mass is 274 g/mol. The maximum Gasteiger partial charge on any atom is 0.416 e. The molecule has 19 heavy (non-hydrogen) atoms. The molecule has 0 spiro atoms. The SMILES string of the molecule is NCc1cc(C(F)(F)F)ccc1N1CCCOC1=O. The summed E-state index contributed by atoms with van der Waals surface area (Å²) < 4.78 is 42.7. The van der Waals surface area contributed by atoms with E-state index in [1.165, 1.54) is 11.0 Å². The van der Waals surface area contributed by atoms with Crippen LogP contribution < -0.4 is 10.6 Å². The lowest BCUT2D eigenvalue weighted by molar-refractivity contribution is -0.137. The van der Waals surface area contributed by atoms with Crippen LogP contribution in [0.1, 0.15) is 17.5 Å². The molecule has 1 aromatic carbocycles. The molecule has 7 heteroatoms. The van der Waals surface area contributed by atoms with E-state index in [9.17, 15) is 18.0 Å². The van der Waals surface area contributed by atoms with E-state index in [1.807, 2.05) is 0 Å². The average molecular weight is 274 g/mol. The molecule has 0 unspecified atom stereocenters. The number of benzene rings is 1. The topological polar surface area (TPSA) is 55.6 Å². The van der Waals surface area contributed by atoms with Gasteiger partial charge in [-0.25, -0.2) is 4.79 Å². The number of amides is 1. The molecule has 1 saturated heterocycles. The summed E-state index contributed by atoms with van der Waals surface area (Å²) >= 11 is 0. The van der Waals surface area contributed by atoms with Crippen molar-refractivity contribution in [3.8, 4) is 0 Å². The molecule has 2 N–H and O–H groups in total. The van der Waals surface area contributed by atoms with Crippen molar-refractivity contribution in [2.75, 3.05) is 18.1 Å². The Kier molecular flexibility index (Phi) is 3.66. The highest BCUT2D eigenvalue weighted by Crippen LogP contribution is 2.33. The fourth-order valence-corrected chi connectivity index (χ4v) is 1.96. The number of rotatable bonds is 2. The summed E-state index contributed by atoms with van der Waals surface area (Å²) in [5.74, 6) is 0. The van der Waals surface area contributed by atoms with Gasteiger partial charge in [-0.3, -0.25) is 4.90 Å². The smallest absolute Gasteiger partial charge is 0.416 e. The minimum absolute atomic E-state index is 0.0803. The summed E-state index contributed by atoms with van der Waals surface area (Å²) in [7, 11) is 0. The predicted molar refractivity (Wildman–Crippen MR) is 62.6 cm³/mol. The Morgan fingerprint density at radius 2 is 2.11 bits per heavy atom. The highest BCUT2D eigenvalue weighted by molar-refractivity contribution is 5.89. The lowest BCUT2D eigenvalue weighted by atomic mass is 10.1. The standard InChI is InChI=1S/C12H13F3N2O2/c13-12(14,15)9-2-3-10(8(6-9)7-16)17-4-1-5-19-11(17)18/h2-3,6H,1,4-5,7,16H2. The van der Waals surface area contributed by atoms with E-state index in [0.29, 0.717) is 25.3 Å². The molecule has 1 heterocycles. The zero-order valence-corrected chi connectivity index (χ0v) is 10.0. The van der Waals surface area contributed by atoms with Crippen LogP contribution in [0.4, 0.5) is 23.7 Å². The summed E-state index contributed by atoms with van der Waals surface area (Å²) in [5.41, 5.74) is 5.34. The van der Waals surface area contributed by atoms with Gasteiger partial charge in [-0.1, -0.05) is 0 Å². The second-order valence-electron chi connectivity index (χ2n) is 4.16. The fourth-order valence-electron chi connectivity index (χ4n) is 1.96. The molecule has 1 amide bonds. The molecule has 0 aromatic heterocycles. The van der Waals surface area contributed by atoms with Gasteiger partial charge in [0.2, 0.25) is 0 Å². The van der Waals surface area contributed by atoms with Crippen molar-refractivity contribution < 1.29 is 22.7 Å². The van der Waals surface area contributed by atoms with Gasteiger partial charge in [-0.05, 0) is 30.2 Å². The number of hydrogen-bond donors (Lipinski definition) is 1. The van der Waals surface area contributed by atoms with Crippen LogP contribution in [0, 0.1) is 0 Å². The molecule has 1 aromatic rings. The van der Waals surface area contributed by atoms with Crippen LogP contribution in [0.15, 0.2) is 18.2 Å². The van der Waals surface area contributed by atoms with E-state index in [4.69, 9.17) is 10.5 Å². The Balaban J connectivity index is 2.38. The number of cyclic esters (lactones) is 1. The van der Waals surface area contributed by atoms with Crippen LogP contribution >= 0.6 is 0 Å². The van der Waals surface area contributed by atoms with E-state index in [-0.39, 0.29) is 12.1 Å². The third-order valence-corrected chi connectivity index (χ3v) is 2.89. The second kappa shape index (κ2) is 5.08. The Bertz CT molecular complexity index is 488. The largest absolute Gasteiger partial charge is 0.449 e. The normalized spacial score (nSPS) is 16.4. The van der Waals surface area contributed by atoms with Gasteiger partial charge in [-0.15, -0.1) is 0 Å². The van der Waals surface area contributed by atoms with Crippen molar-refractivity contribution in [3.63, 3.8) is 0 Å². The van der Waals surface area contributed by atoms with E-state index in [1.54, 1.807) is 0 Å². The van der Waals surface area contributed by atoms with Gasteiger partial charge < -0.3 is 10.5 Å². The van der Waals surface area contributed by atoms with Crippen LogP contribution in [0.25, 0.3) is 0 Å². The van der Waals surface area contributed by atoms with Crippen LogP contribution in [-0.4, -0.2) is 19.2 Å². The Morgan fingerprint density at radius 1 is 1.37 bits per heavy atom. The number of halogens is 3. The molecule has 1 fully saturated rings. The van der Waals surface area contributed by atoms with Crippen molar-refractivity contribution in [3.05, 3.63) is 29.3 Å². The van der Waals surface area contributed by atoms with Gasteiger partial charge in [0.25, 0.3) is 0 Å². The van der Waals surface area contributed by atoms with Gasteiger partial charge in [0, 0.05) is 13.1 Å². The minimum Gasteiger partial charge on any atom is -0.449 e. The molecule has 0 bridgehead atoms. The third-order valence-electron chi connectivity index (χ3n) is 2.89. The first-order valence-electron chi connectivity index (χ1n) is 5.78. The quantitative estimate of drug-likeness (QED) is 0.901. The molecule has 0 aliphatic carbocycles. The number of anilines is 1. The van der Waals surface area contributed by atoms with Crippen LogP contribution in [-0.2, 0) is 17.5 Å². The van der Waals surface area contributed by atoms with Gasteiger partial charge in [0.15, 0.2) is 0 Å². The first kappa shape index (κ1) is 13.7. The number of hydrogen-bond acceptors (Lipinski definition) is 3. The molecule has 2 rings (SSSR count). The molecule has 4 nitrogen and oxygen atoms in total. The van der Waals surface area contributed by atoms with Crippen molar-refractivity contribution in [1.29, 1.82) is 0 Å². The first-order chi connectivity index (χ1) is 8.93. The predicted octanol–water partition coefficient (Wildman–Crippen LogP) is 2.51. The van der Waals surface area contributed by atoms with Gasteiger partial charge in [0.1, 0.15) is 0 Å². The molecule has 104 valence electrons. The molecule has 1 aliphatic heterocycles. The van der Waals surface area contributed by atoms with Crippen molar-refractivity contribution in [2.45, 2.75) is 19.1 Å². The number of carbonyl (C=O) groups is 1. The number of alkyl halides is 3.